The van der Waals surface area contributed by atoms with E-state index in [0.717, 1.165) is 29.3 Å². The van der Waals surface area contributed by atoms with E-state index in [1.165, 1.54) is 12.8 Å². The molecule has 0 aliphatic carbocycles. The number of benzene rings is 1. The van der Waals surface area contributed by atoms with Gasteiger partial charge in [-0.05, 0) is 37.1 Å². The Balaban J connectivity index is 2.17. The van der Waals surface area contributed by atoms with E-state index in [0.29, 0.717) is 12.2 Å². The molecule has 6 heteroatoms. The highest BCUT2D eigenvalue weighted by atomic mass is 79.9. The van der Waals surface area contributed by atoms with Crippen LogP contribution in [0.15, 0.2) is 22.7 Å². The number of aryl methyl sites for hydroxylation is 1. The lowest BCUT2D eigenvalue weighted by atomic mass is 10.1. The number of hydrogen-bond acceptors (Lipinski definition) is 3. The van der Waals surface area contributed by atoms with Gasteiger partial charge in [0.05, 0.1) is 0 Å². The fourth-order valence-corrected chi connectivity index (χ4v) is 2.52. The molecule has 0 atom stereocenters. The van der Waals surface area contributed by atoms with Gasteiger partial charge in [-0.25, -0.2) is 0 Å². The largest absolute Gasteiger partial charge is 0.483 e. The topological polar surface area (TPSA) is 67.4 Å². The van der Waals surface area contributed by atoms with Gasteiger partial charge in [0.1, 0.15) is 5.75 Å². The number of nitrogens with one attached hydrogen (secondary N) is 2. The minimum atomic E-state index is -0.383. The number of hydrogen-bond donors (Lipinski definition) is 2. The Bertz CT molecular complexity index is 521. The summed E-state index contributed by atoms with van der Waals surface area (Å²) in [7, 11) is 0. The summed E-state index contributed by atoms with van der Waals surface area (Å²) in [6, 6.07) is 5.55. The highest BCUT2D eigenvalue weighted by Crippen LogP contribution is 2.21. The molecule has 2 amide bonds. The van der Waals surface area contributed by atoms with Gasteiger partial charge in [-0.1, -0.05) is 48.5 Å². The van der Waals surface area contributed by atoms with Gasteiger partial charge in [0.2, 0.25) is 5.91 Å². The van der Waals surface area contributed by atoms with Crippen LogP contribution < -0.4 is 15.6 Å². The molecule has 0 bridgehead atoms. The predicted octanol–water partition coefficient (Wildman–Crippen LogP) is 3.64. The molecule has 0 radical (unpaired) electrons. The van der Waals surface area contributed by atoms with Crippen molar-refractivity contribution in [3.63, 3.8) is 0 Å². The third-order valence-electron chi connectivity index (χ3n) is 3.34. The summed E-state index contributed by atoms with van der Waals surface area (Å²) in [6.45, 7) is 3.91. The maximum atomic E-state index is 11.7. The lowest BCUT2D eigenvalue weighted by Gasteiger charge is -2.10. The number of halogens is 1. The Hall–Kier alpha value is -1.56. The van der Waals surface area contributed by atoms with Crippen LogP contribution in [0, 0.1) is 6.92 Å². The Kier molecular flexibility index (Phi) is 9.36. The molecule has 0 aromatic heterocycles. The van der Waals surface area contributed by atoms with Gasteiger partial charge >= 0.3 is 0 Å². The molecule has 0 heterocycles. The summed E-state index contributed by atoms with van der Waals surface area (Å²) in [5.74, 6) is 0.0897. The molecular formula is C17H25BrN2O3. The molecule has 0 aliphatic rings. The Morgan fingerprint density at radius 1 is 1.09 bits per heavy atom. The number of carbonyl (C=O) groups excluding carboxylic acids is 2. The first-order valence-corrected chi connectivity index (χ1v) is 8.79. The highest BCUT2D eigenvalue weighted by molar-refractivity contribution is 9.10. The summed E-state index contributed by atoms with van der Waals surface area (Å²) >= 11 is 3.37. The van der Waals surface area contributed by atoms with E-state index in [2.05, 4.69) is 33.7 Å². The van der Waals surface area contributed by atoms with Crippen molar-refractivity contribution < 1.29 is 14.3 Å². The van der Waals surface area contributed by atoms with Gasteiger partial charge in [-0.3, -0.25) is 20.4 Å². The molecule has 5 nitrogen and oxygen atoms in total. The van der Waals surface area contributed by atoms with Crippen molar-refractivity contribution in [1.82, 2.24) is 10.9 Å². The number of rotatable bonds is 9. The van der Waals surface area contributed by atoms with Gasteiger partial charge in [0.25, 0.3) is 5.91 Å². The third-order valence-corrected chi connectivity index (χ3v) is 3.84. The Labute approximate surface area is 146 Å². The molecule has 128 valence electrons. The molecule has 0 unspecified atom stereocenters. The van der Waals surface area contributed by atoms with E-state index in [4.69, 9.17) is 4.74 Å². The monoisotopic (exact) mass is 384 g/mol. The second-order valence-electron chi connectivity index (χ2n) is 5.46. The van der Waals surface area contributed by atoms with E-state index in [1.807, 2.05) is 19.1 Å². The average Bonchev–Trinajstić information content (AvgIpc) is 2.52. The van der Waals surface area contributed by atoms with Crippen molar-refractivity contribution in [2.24, 2.45) is 0 Å². The van der Waals surface area contributed by atoms with Crippen LogP contribution in [0.4, 0.5) is 0 Å². The maximum Gasteiger partial charge on any atom is 0.276 e. The quantitative estimate of drug-likeness (QED) is 0.504. The zero-order valence-corrected chi connectivity index (χ0v) is 15.4. The van der Waals surface area contributed by atoms with Gasteiger partial charge in [0, 0.05) is 10.9 Å². The summed E-state index contributed by atoms with van der Waals surface area (Å²) in [4.78, 5) is 23.2. The number of unbranched alkanes of at least 4 members (excludes halogenated alkanes) is 4. The van der Waals surface area contributed by atoms with Gasteiger partial charge < -0.3 is 4.74 Å². The highest BCUT2D eigenvalue weighted by Gasteiger charge is 2.07. The van der Waals surface area contributed by atoms with Crippen LogP contribution in [0.5, 0.6) is 5.75 Å². The summed E-state index contributed by atoms with van der Waals surface area (Å²) in [5.41, 5.74) is 5.70. The van der Waals surface area contributed by atoms with Crippen LogP contribution >= 0.6 is 15.9 Å². The van der Waals surface area contributed by atoms with Crippen molar-refractivity contribution in [3.05, 3.63) is 28.2 Å². The van der Waals surface area contributed by atoms with Gasteiger partial charge in [-0.15, -0.1) is 0 Å². The number of hydrazine groups is 1. The minimum Gasteiger partial charge on any atom is -0.483 e. The van der Waals surface area contributed by atoms with Crippen molar-refractivity contribution in [1.29, 1.82) is 0 Å². The van der Waals surface area contributed by atoms with Crippen LogP contribution in [0.1, 0.15) is 51.0 Å². The first-order chi connectivity index (χ1) is 11.0. The second-order valence-corrected chi connectivity index (χ2v) is 6.37. The number of amides is 2. The van der Waals surface area contributed by atoms with Crippen LogP contribution in [0.3, 0.4) is 0 Å². The first-order valence-electron chi connectivity index (χ1n) is 7.99. The summed E-state index contributed by atoms with van der Waals surface area (Å²) in [5, 5.41) is 0. The molecule has 0 saturated carbocycles. The number of ether oxygens (including phenoxy) is 1. The lowest BCUT2D eigenvalue weighted by Crippen LogP contribution is -2.43. The fourth-order valence-electron chi connectivity index (χ4n) is 2.05. The third kappa shape index (κ3) is 8.59. The van der Waals surface area contributed by atoms with Crippen molar-refractivity contribution in [3.8, 4) is 5.75 Å². The Morgan fingerprint density at radius 2 is 1.78 bits per heavy atom. The number of carbonyl (C=O) groups is 2. The van der Waals surface area contributed by atoms with Crippen LogP contribution in [-0.4, -0.2) is 18.4 Å². The molecule has 0 saturated heterocycles. The zero-order valence-electron chi connectivity index (χ0n) is 13.8. The summed E-state index contributed by atoms with van der Waals surface area (Å²) < 4.78 is 6.38. The van der Waals surface area contributed by atoms with E-state index < -0.39 is 0 Å². The van der Waals surface area contributed by atoms with Crippen LogP contribution in [-0.2, 0) is 9.59 Å². The molecule has 1 aromatic rings. The maximum absolute atomic E-state index is 11.7. The standard InChI is InChI=1S/C17H25BrN2O3/c1-3-4-5-6-7-8-16(21)19-20-17(22)12-23-15-10-9-14(18)11-13(15)2/h9-11H,3-8,12H2,1-2H3,(H,19,21)(H,20,22). The van der Waals surface area contributed by atoms with E-state index in [1.54, 1.807) is 6.07 Å². The molecule has 0 fully saturated rings. The van der Waals surface area contributed by atoms with Crippen molar-refractivity contribution >= 4 is 27.7 Å². The molecule has 0 spiro atoms. The van der Waals surface area contributed by atoms with Crippen molar-refractivity contribution in [2.75, 3.05) is 6.61 Å². The minimum absolute atomic E-state index is 0.140. The summed E-state index contributed by atoms with van der Waals surface area (Å²) in [6.07, 6.45) is 5.84. The molecular weight excluding hydrogens is 360 g/mol. The van der Waals surface area contributed by atoms with E-state index in [9.17, 15) is 9.59 Å². The smallest absolute Gasteiger partial charge is 0.276 e. The molecule has 1 rings (SSSR count). The van der Waals surface area contributed by atoms with E-state index >= 15 is 0 Å². The molecule has 2 N–H and O–H groups in total. The normalized spacial score (nSPS) is 10.2. The van der Waals surface area contributed by atoms with E-state index in [-0.39, 0.29) is 18.4 Å². The molecule has 1 aromatic carbocycles. The fraction of sp³-hybridized carbons (Fsp3) is 0.529. The Morgan fingerprint density at radius 3 is 2.48 bits per heavy atom. The average molecular weight is 385 g/mol. The van der Waals surface area contributed by atoms with Crippen LogP contribution in [0.25, 0.3) is 0 Å². The SMILES string of the molecule is CCCCCCCC(=O)NNC(=O)COc1ccc(Br)cc1C. The zero-order chi connectivity index (χ0) is 17.1. The van der Waals surface area contributed by atoms with Gasteiger partial charge in [0.15, 0.2) is 6.61 Å². The second kappa shape index (κ2) is 11.0. The van der Waals surface area contributed by atoms with Crippen LogP contribution in [0.2, 0.25) is 0 Å². The van der Waals surface area contributed by atoms with Gasteiger partial charge in [-0.2, -0.15) is 0 Å². The molecule has 23 heavy (non-hydrogen) atoms. The van der Waals surface area contributed by atoms with Crippen molar-refractivity contribution in [2.45, 2.75) is 52.4 Å². The lowest BCUT2D eigenvalue weighted by molar-refractivity contribution is -0.130. The predicted molar refractivity (Wildman–Crippen MR) is 94.0 cm³/mol. The first kappa shape index (κ1) is 19.5. The molecule has 0 aliphatic heterocycles.